The molecule has 0 saturated heterocycles. The van der Waals surface area contributed by atoms with Crippen LogP contribution in [0.3, 0.4) is 0 Å². The van der Waals surface area contributed by atoms with Crippen LogP contribution in [-0.2, 0) is 5.41 Å². The van der Waals surface area contributed by atoms with Gasteiger partial charge in [0, 0.05) is 10.3 Å². The van der Waals surface area contributed by atoms with E-state index in [0.717, 1.165) is 6.42 Å². The van der Waals surface area contributed by atoms with Crippen LogP contribution in [0.1, 0.15) is 31.6 Å². The molecule has 0 nitrogen and oxygen atoms in total. The molecule has 0 bridgehead atoms. The van der Waals surface area contributed by atoms with E-state index in [1.54, 1.807) is 0 Å². The molecule has 0 saturated carbocycles. The molecule has 1 heteroatoms. The van der Waals surface area contributed by atoms with Crippen molar-refractivity contribution in [3.8, 4) is 0 Å². The Morgan fingerprint density at radius 2 is 2.36 bits per heavy atom. The van der Waals surface area contributed by atoms with Crippen LogP contribution in [-0.4, -0.2) is 0 Å². The van der Waals surface area contributed by atoms with Gasteiger partial charge in [0.25, 0.3) is 0 Å². The third-order valence-corrected chi connectivity index (χ3v) is 4.31. The Labute approximate surface area is 90.0 Å². The van der Waals surface area contributed by atoms with Gasteiger partial charge in [0.2, 0.25) is 0 Å². The van der Waals surface area contributed by atoms with E-state index in [2.05, 4.69) is 49.6 Å². The van der Waals surface area contributed by atoms with Crippen LogP contribution in [0.4, 0.5) is 0 Å². The summed E-state index contributed by atoms with van der Waals surface area (Å²) in [5, 5.41) is 2.17. The van der Waals surface area contributed by atoms with Crippen molar-refractivity contribution in [1.29, 1.82) is 0 Å². The zero-order chi connectivity index (χ0) is 10.0. The molecular weight excluding hydrogens is 188 g/mol. The summed E-state index contributed by atoms with van der Waals surface area (Å²) in [5.41, 5.74) is 1.73. The van der Waals surface area contributed by atoms with E-state index in [1.807, 2.05) is 11.3 Å². The topological polar surface area (TPSA) is 0 Å². The molecule has 1 atom stereocenters. The van der Waals surface area contributed by atoms with Crippen molar-refractivity contribution in [3.63, 3.8) is 0 Å². The summed E-state index contributed by atoms with van der Waals surface area (Å²) in [5.74, 6) is 0. The van der Waals surface area contributed by atoms with Crippen LogP contribution in [0.5, 0.6) is 0 Å². The average Bonchev–Trinajstić information content (AvgIpc) is 2.88. The number of rotatable bonds is 3. The summed E-state index contributed by atoms with van der Waals surface area (Å²) < 4.78 is 0. The van der Waals surface area contributed by atoms with E-state index >= 15 is 0 Å². The lowest BCUT2D eigenvalue weighted by molar-refractivity contribution is 0.560. The highest BCUT2D eigenvalue weighted by molar-refractivity contribution is 7.10. The third-order valence-electron chi connectivity index (χ3n) is 3.18. The van der Waals surface area contributed by atoms with Crippen LogP contribution in [0.25, 0.3) is 0 Å². The molecule has 0 radical (unpaired) electrons. The highest BCUT2D eigenvalue weighted by Crippen LogP contribution is 2.40. The van der Waals surface area contributed by atoms with Gasteiger partial charge in [-0.2, -0.15) is 0 Å². The van der Waals surface area contributed by atoms with E-state index in [0.29, 0.717) is 0 Å². The smallest absolute Gasteiger partial charge is 0.0262 e. The molecule has 1 aromatic heterocycles. The lowest BCUT2D eigenvalue weighted by Crippen LogP contribution is -2.20. The first-order valence-corrected chi connectivity index (χ1v) is 6.06. The molecule has 0 aliphatic heterocycles. The molecule has 1 aliphatic rings. The zero-order valence-corrected chi connectivity index (χ0v) is 9.60. The molecule has 14 heavy (non-hydrogen) atoms. The van der Waals surface area contributed by atoms with Crippen molar-refractivity contribution >= 4 is 11.3 Å². The maximum absolute atomic E-state index is 2.35. The van der Waals surface area contributed by atoms with E-state index in [9.17, 15) is 0 Å². The number of hydrogen-bond donors (Lipinski definition) is 0. The molecule has 0 aromatic carbocycles. The van der Waals surface area contributed by atoms with Crippen molar-refractivity contribution in [1.82, 2.24) is 0 Å². The normalized spacial score (nSPS) is 19.4. The van der Waals surface area contributed by atoms with Crippen molar-refractivity contribution in [2.45, 2.75) is 32.1 Å². The monoisotopic (exact) mass is 204 g/mol. The van der Waals surface area contributed by atoms with Gasteiger partial charge in [-0.1, -0.05) is 38.1 Å². The van der Waals surface area contributed by atoms with E-state index in [1.165, 1.54) is 16.9 Å². The number of thiophene rings is 1. The predicted molar refractivity (Wildman–Crippen MR) is 63.8 cm³/mol. The Kier molecular flexibility index (Phi) is 2.60. The van der Waals surface area contributed by atoms with Crippen molar-refractivity contribution in [2.75, 3.05) is 0 Å². The first-order valence-electron chi connectivity index (χ1n) is 5.18. The fourth-order valence-corrected chi connectivity index (χ4v) is 2.96. The third kappa shape index (κ3) is 1.46. The molecule has 0 spiro atoms. The van der Waals surface area contributed by atoms with E-state index in [4.69, 9.17) is 0 Å². The summed E-state index contributed by atoms with van der Waals surface area (Å²) in [6.07, 6.45) is 9.16. The summed E-state index contributed by atoms with van der Waals surface area (Å²) in [6.45, 7) is 4.62. The second-order valence-corrected chi connectivity index (χ2v) is 4.91. The molecule has 0 fully saturated rings. The Morgan fingerprint density at radius 3 is 2.86 bits per heavy atom. The summed E-state index contributed by atoms with van der Waals surface area (Å²) >= 11 is 1.87. The van der Waals surface area contributed by atoms with Crippen LogP contribution < -0.4 is 0 Å². The molecule has 1 aromatic rings. The second kappa shape index (κ2) is 3.74. The highest BCUT2D eigenvalue weighted by atomic mass is 32.1. The van der Waals surface area contributed by atoms with Gasteiger partial charge in [0.1, 0.15) is 0 Å². The van der Waals surface area contributed by atoms with Gasteiger partial charge in [-0.25, -0.2) is 0 Å². The summed E-state index contributed by atoms with van der Waals surface area (Å²) in [7, 11) is 0. The van der Waals surface area contributed by atoms with Crippen LogP contribution in [0, 0.1) is 0 Å². The minimum absolute atomic E-state index is 0.237. The Morgan fingerprint density at radius 1 is 1.50 bits per heavy atom. The average molecular weight is 204 g/mol. The molecule has 1 unspecified atom stereocenters. The van der Waals surface area contributed by atoms with Crippen molar-refractivity contribution in [2.24, 2.45) is 0 Å². The van der Waals surface area contributed by atoms with E-state index in [-0.39, 0.29) is 5.41 Å². The molecule has 0 N–H and O–H groups in total. The van der Waals surface area contributed by atoms with Crippen LogP contribution in [0.15, 0.2) is 41.3 Å². The van der Waals surface area contributed by atoms with Crippen LogP contribution in [0.2, 0.25) is 0 Å². The Bertz CT molecular complexity index is 357. The highest BCUT2D eigenvalue weighted by Gasteiger charge is 2.29. The van der Waals surface area contributed by atoms with Gasteiger partial charge in [0.15, 0.2) is 0 Å². The maximum Gasteiger partial charge on any atom is 0.0262 e. The molecule has 2 rings (SSSR count). The minimum Gasteiger partial charge on any atom is -0.148 e. The lowest BCUT2D eigenvalue weighted by Gasteiger charge is -2.28. The maximum atomic E-state index is 2.35. The summed E-state index contributed by atoms with van der Waals surface area (Å²) in [6, 6.07) is 4.40. The number of hydrogen-bond acceptors (Lipinski definition) is 1. The minimum atomic E-state index is 0.237. The molecule has 1 heterocycles. The Balaban J connectivity index is 2.39. The molecular formula is C13H16S. The lowest BCUT2D eigenvalue weighted by atomic mass is 9.79. The largest absolute Gasteiger partial charge is 0.148 e. The Hall–Kier alpha value is -0.820. The van der Waals surface area contributed by atoms with Gasteiger partial charge >= 0.3 is 0 Å². The molecule has 1 aliphatic carbocycles. The van der Waals surface area contributed by atoms with Gasteiger partial charge in [-0.05, 0) is 29.9 Å². The summed E-state index contributed by atoms with van der Waals surface area (Å²) in [4.78, 5) is 1.48. The van der Waals surface area contributed by atoms with E-state index < -0.39 is 0 Å². The van der Waals surface area contributed by atoms with Crippen LogP contribution >= 0.6 is 11.3 Å². The van der Waals surface area contributed by atoms with Gasteiger partial charge in [-0.3, -0.25) is 0 Å². The van der Waals surface area contributed by atoms with Gasteiger partial charge in [0.05, 0.1) is 0 Å². The molecule has 0 amide bonds. The first-order chi connectivity index (χ1) is 6.77. The quantitative estimate of drug-likeness (QED) is 0.688. The SMILES string of the molecule is CCC(C)(C1=CCC=C1)c1cccs1. The van der Waals surface area contributed by atoms with Crippen molar-refractivity contribution in [3.05, 3.63) is 46.2 Å². The molecule has 74 valence electrons. The predicted octanol–water partition coefficient (Wildman–Crippen LogP) is 4.30. The zero-order valence-electron chi connectivity index (χ0n) is 8.79. The van der Waals surface area contributed by atoms with Crippen molar-refractivity contribution < 1.29 is 0 Å². The fourth-order valence-electron chi connectivity index (χ4n) is 1.98. The standard InChI is InChI=1S/C13H16S/c1-3-13(2,11-7-4-5-8-11)12-9-6-10-14-12/h4,6-10H,3,5H2,1-2H3. The van der Waals surface area contributed by atoms with Gasteiger partial charge in [-0.15, -0.1) is 11.3 Å². The number of allylic oxidation sites excluding steroid dienone is 4. The fraction of sp³-hybridized carbons (Fsp3) is 0.385. The second-order valence-electron chi connectivity index (χ2n) is 3.96. The van der Waals surface area contributed by atoms with Gasteiger partial charge < -0.3 is 0 Å². The first kappa shape index (κ1) is 9.72.